The third-order valence-electron chi connectivity index (χ3n) is 25.3. The summed E-state index contributed by atoms with van der Waals surface area (Å²) in [6, 6.07) is 13.4. The van der Waals surface area contributed by atoms with Crippen LogP contribution in [0.4, 0.5) is 0 Å². The van der Waals surface area contributed by atoms with E-state index in [1.54, 1.807) is 31.2 Å². The number of amides is 6. The van der Waals surface area contributed by atoms with Crippen LogP contribution in [0.25, 0.3) is 11.1 Å². The van der Waals surface area contributed by atoms with Gasteiger partial charge in [0.2, 0.25) is 47.5 Å². The lowest BCUT2D eigenvalue weighted by Crippen LogP contribution is -2.64. The van der Waals surface area contributed by atoms with E-state index in [0.29, 0.717) is 29.6 Å². The van der Waals surface area contributed by atoms with Gasteiger partial charge in [-0.3, -0.25) is 48.5 Å². The van der Waals surface area contributed by atoms with Gasteiger partial charge in [0.15, 0.2) is 41.2 Å². The molecule has 17 rings (SSSR count). The van der Waals surface area contributed by atoms with E-state index >= 15 is 28.8 Å². The zero-order chi connectivity index (χ0) is 87.4. The van der Waals surface area contributed by atoms with Crippen LogP contribution < -0.4 is 51.3 Å². The second kappa shape index (κ2) is 36.5. The Bertz CT molecular complexity index is 5000. The highest BCUT2D eigenvalue weighted by molar-refractivity contribution is 6.32. The molecule has 6 fully saturated rings. The summed E-state index contributed by atoms with van der Waals surface area (Å²) >= 11 is 14.5. The molecule has 4 saturated carbocycles. The standard InChI is InChI=1S/C89H102Cl2N6O25/c1-7-43(18-38(2)3)84(112)96-75-61(102)28-50(31-70(106)93-69(105)24-40-8-13-52(116-6)14-9-40)85(113)94-73-49-29-66(118-64-16-11-45(77(75)107)26-57(64)90)81(122-88-82(80(110)79(109)68(37-98)120-88)121-71-36-89(5,92)83(111)39(4)117-71)67(30-49)119-65-17-12-46(27-58(65)91)78(108)76-87(115)95-74(63(104)34-53-47-20-41-19-42(22-47)23-48(53)21-41)56-32-51(99)33-60(101)72(56)55-25-44(10-15-59(55)100)54(35-62(73)103)86(114)97-76/h8-17,25-27,29-30,32-33,38-39,41-43,47-48,50,53-54,68,71,73-80,82-83,88,98-101,107-111H,7,18-24,28,31,34-37,92H2,1-6H3,(H,94,113)(H,95,115)(H,96,112)(H,97,114)(H,93,105,106)/t39-,41?,42?,43+,47?,48?,50-,53?,54+,68+,71-,73+,74-,75-,76-,77+,78+,79+,80-,82+,83+,88-,89-/m0/s1. The molecule has 31 nitrogen and oxygen atoms in total. The molecule has 6 aromatic carbocycles. The first-order valence-electron chi connectivity index (χ1n) is 41.2. The second-order valence-corrected chi connectivity index (χ2v) is 35.3. The molecule has 2 saturated heterocycles. The van der Waals surface area contributed by atoms with Crippen LogP contribution in [-0.2, 0) is 63.8 Å². The van der Waals surface area contributed by atoms with E-state index < -0.39 is 222 Å². The average Bonchev–Trinajstić information content (AvgIpc) is 0.759. The van der Waals surface area contributed by atoms with E-state index in [9.17, 15) is 60.3 Å². The highest BCUT2D eigenvalue weighted by Crippen LogP contribution is 2.59. The Balaban J connectivity index is 0.965. The van der Waals surface area contributed by atoms with Crippen molar-refractivity contribution in [3.05, 3.63) is 147 Å². The van der Waals surface area contributed by atoms with Gasteiger partial charge in [0.25, 0.3) is 0 Å². The maximum Gasteiger partial charge on any atom is 0.246 e. The van der Waals surface area contributed by atoms with E-state index in [4.69, 9.17) is 62.1 Å². The van der Waals surface area contributed by atoms with Gasteiger partial charge in [0.1, 0.15) is 89.2 Å². The fourth-order valence-electron chi connectivity index (χ4n) is 19.2. The van der Waals surface area contributed by atoms with Crippen molar-refractivity contribution in [3.8, 4) is 62.9 Å². The summed E-state index contributed by atoms with van der Waals surface area (Å²) in [5, 5.41) is 120. The fourth-order valence-corrected chi connectivity index (χ4v) is 19.6. The van der Waals surface area contributed by atoms with Crippen LogP contribution in [0.3, 0.4) is 0 Å². The number of nitrogens with one attached hydrogen (secondary N) is 5. The Morgan fingerprint density at radius 2 is 1.32 bits per heavy atom. The molecular formula is C89H102Cl2N6O25. The maximum absolute atomic E-state index is 16.8. The fraction of sp³-hybridized carbons (Fsp3) is 0.494. The average molecular weight is 1730 g/mol. The number of carbonyl (C=O) groups is 9. The number of carbonyl (C=O) groups excluding carboxylic acids is 9. The third kappa shape index (κ3) is 18.8. The minimum absolute atomic E-state index is 0.0483. The van der Waals surface area contributed by atoms with E-state index in [1.165, 1.54) is 69.5 Å². The molecule has 0 aromatic heterocycles. The molecule has 18 atom stereocenters. The third-order valence-corrected chi connectivity index (χ3v) is 25.9. The lowest BCUT2D eigenvalue weighted by atomic mass is 9.51. The summed E-state index contributed by atoms with van der Waals surface area (Å²) in [6.45, 7) is 7.58. The first-order chi connectivity index (χ1) is 58.0. The van der Waals surface area contributed by atoms with Crippen molar-refractivity contribution in [2.24, 2.45) is 53.1 Å². The minimum Gasteiger partial charge on any atom is -0.508 e. The maximum atomic E-state index is 16.8. The molecular weight excluding hydrogens is 1620 g/mol. The summed E-state index contributed by atoms with van der Waals surface area (Å²) in [7, 11) is 1.44. The lowest BCUT2D eigenvalue weighted by molar-refractivity contribution is -0.333. The molecule has 122 heavy (non-hydrogen) atoms. The van der Waals surface area contributed by atoms with E-state index in [2.05, 4.69) is 26.6 Å². The van der Waals surface area contributed by atoms with Crippen LogP contribution >= 0.6 is 23.2 Å². The number of ketones is 3. The van der Waals surface area contributed by atoms with Crippen molar-refractivity contribution < 1.29 is 122 Å². The molecule has 4 aliphatic carbocycles. The van der Waals surface area contributed by atoms with Gasteiger partial charge >= 0.3 is 0 Å². The Kier molecular flexibility index (Phi) is 26.5. The number of nitrogens with two attached hydrogens (primary N) is 1. The molecule has 652 valence electrons. The normalized spacial score (nSPS) is 31.0. The minimum atomic E-state index is -2.24. The zero-order valence-corrected chi connectivity index (χ0v) is 69.4. The van der Waals surface area contributed by atoms with Crippen molar-refractivity contribution >= 4 is 76.0 Å². The number of fused-ring (bicyclic) bond motifs is 15. The topological polar surface area (TPSA) is 486 Å². The van der Waals surface area contributed by atoms with E-state index in [0.717, 1.165) is 62.4 Å². The number of aliphatic hydroxyl groups excluding tert-OH is 6. The molecule has 16 N–H and O–H groups in total. The molecule has 7 aliphatic heterocycles. The monoisotopic (exact) mass is 1720 g/mol. The molecule has 33 heteroatoms. The number of ether oxygens (including phenoxy) is 7. The first-order valence-corrected chi connectivity index (χ1v) is 42.0. The molecule has 15 bridgehead atoms. The van der Waals surface area contributed by atoms with Gasteiger partial charge in [-0.05, 0) is 194 Å². The zero-order valence-electron chi connectivity index (χ0n) is 67.9. The number of imide groups is 1. The summed E-state index contributed by atoms with van der Waals surface area (Å²) in [6.07, 6.45) is -15.9. The van der Waals surface area contributed by atoms with Crippen LogP contribution in [0.15, 0.2) is 103 Å². The van der Waals surface area contributed by atoms with Crippen molar-refractivity contribution in [2.75, 3.05) is 13.7 Å². The highest BCUT2D eigenvalue weighted by atomic mass is 35.5. The molecule has 11 aliphatic rings. The Morgan fingerprint density at radius 1 is 0.680 bits per heavy atom. The first kappa shape index (κ1) is 88.4. The molecule has 0 unspecified atom stereocenters. The number of aromatic hydroxyl groups is 3. The smallest absolute Gasteiger partial charge is 0.246 e. The Morgan fingerprint density at radius 3 is 1.93 bits per heavy atom. The Hall–Kier alpha value is -9.87. The predicted molar refractivity (Wildman–Crippen MR) is 436 cm³/mol. The highest BCUT2D eigenvalue weighted by Gasteiger charge is 2.53. The molecule has 7 heterocycles. The number of halogens is 2. The van der Waals surface area contributed by atoms with Gasteiger partial charge in [-0.2, -0.15) is 0 Å². The van der Waals surface area contributed by atoms with E-state index in [1.807, 2.05) is 13.8 Å². The molecule has 0 spiro atoms. The number of hydrogen-bond acceptors (Lipinski definition) is 26. The second-order valence-electron chi connectivity index (χ2n) is 34.5. The predicted octanol–water partition coefficient (Wildman–Crippen LogP) is 7.88. The van der Waals surface area contributed by atoms with E-state index in [-0.39, 0.29) is 110 Å². The van der Waals surface area contributed by atoms with Crippen molar-refractivity contribution in [1.82, 2.24) is 26.6 Å². The van der Waals surface area contributed by atoms with Gasteiger partial charge in [-0.1, -0.05) is 74.3 Å². The number of Topliss-reactive ketones (excluding diaryl/α,β-unsaturated/α-hetero) is 3. The number of aliphatic hydroxyl groups is 6. The molecule has 6 aromatic rings. The van der Waals surface area contributed by atoms with Crippen LogP contribution in [0.1, 0.15) is 175 Å². The summed E-state index contributed by atoms with van der Waals surface area (Å²) < 4.78 is 44.5. The number of benzene rings is 6. The number of phenolic OH excluding ortho intramolecular Hbond substituents is 3. The number of methoxy groups -OCH3 is 1. The van der Waals surface area contributed by atoms with Crippen molar-refractivity contribution in [1.29, 1.82) is 0 Å². The Labute approximate surface area is 712 Å². The summed E-state index contributed by atoms with van der Waals surface area (Å²) in [5.74, 6) is -16.5. The molecule has 0 radical (unpaired) electrons. The van der Waals surface area contributed by atoms with Crippen molar-refractivity contribution in [2.45, 2.75) is 215 Å². The van der Waals surface area contributed by atoms with Gasteiger partial charge in [-0.15, -0.1) is 0 Å². The van der Waals surface area contributed by atoms with Crippen LogP contribution in [0, 0.1) is 47.3 Å². The lowest BCUT2D eigenvalue weighted by Gasteiger charge is -2.54. The number of phenols is 3. The largest absolute Gasteiger partial charge is 0.508 e. The summed E-state index contributed by atoms with van der Waals surface area (Å²) in [5.41, 5.74) is 3.98. The van der Waals surface area contributed by atoms with Gasteiger partial charge < -0.3 is 106 Å². The van der Waals surface area contributed by atoms with Crippen LogP contribution in [0.5, 0.6) is 51.7 Å². The van der Waals surface area contributed by atoms with Crippen LogP contribution in [0.2, 0.25) is 10.0 Å². The van der Waals surface area contributed by atoms with Crippen LogP contribution in [-0.4, -0.2) is 179 Å². The number of rotatable bonds is 18. The SMILES string of the molecule is CC[C@H](CC(C)C)C(=O)N[C@H]1C(=O)C[C@@H](CC(=O)NC(=O)Cc2ccc(OC)cc2)C(=O)N[C@H]2C(=O)C[C@H]3C(=O)N[C@H](C(=O)N[C@H](C(=O)CC4C5CC6CC(C5)CC4C6)c4cc(O)cc(O)c4-c4cc3ccc4O)[C@H](O)c3ccc(c(Cl)c3)Oc3cc2cc(c3O[C@@H]2O[C@H](CO)[C@@H](O)[C@H](O)[C@H]2O[C@H]2C[C@](C)(N)[C@H](O)[C@H](C)O2)Oc2ccc(cc2Cl)[C@H]1O. The van der Waals surface area contributed by atoms with Gasteiger partial charge in [0.05, 0.1) is 54.2 Å². The van der Waals surface area contributed by atoms with Crippen molar-refractivity contribution in [3.63, 3.8) is 0 Å². The molecule has 6 amide bonds. The summed E-state index contributed by atoms with van der Waals surface area (Å²) in [4.78, 5) is 139. The number of hydrogen-bond donors (Lipinski definition) is 15. The quantitative estimate of drug-likeness (QED) is 0.0389. The van der Waals surface area contributed by atoms with Gasteiger partial charge in [0, 0.05) is 60.8 Å². The van der Waals surface area contributed by atoms with Gasteiger partial charge in [-0.25, -0.2) is 0 Å².